The number of carbonyl (C=O) groups is 1. The molecule has 2 aromatic carbocycles. The van der Waals surface area contributed by atoms with Crippen molar-refractivity contribution >= 4 is 42.6 Å². The topological polar surface area (TPSA) is 83.0 Å². The van der Waals surface area contributed by atoms with E-state index in [1.165, 1.54) is 37.6 Å². The van der Waals surface area contributed by atoms with Crippen LogP contribution in [0.2, 0.25) is 0 Å². The first-order chi connectivity index (χ1) is 15.1. The molecule has 0 aliphatic rings. The van der Waals surface area contributed by atoms with Crippen LogP contribution in [-0.2, 0) is 10.0 Å². The predicted molar refractivity (Wildman–Crippen MR) is 128 cm³/mol. The maximum atomic E-state index is 13.4. The Morgan fingerprint density at radius 2 is 1.72 bits per heavy atom. The van der Waals surface area contributed by atoms with Crippen molar-refractivity contribution in [3.8, 4) is 5.75 Å². The summed E-state index contributed by atoms with van der Waals surface area (Å²) in [5.74, 6) is 0.513. The van der Waals surface area contributed by atoms with E-state index in [1.807, 2.05) is 32.3 Å². The van der Waals surface area contributed by atoms with Gasteiger partial charge in [0.25, 0.3) is 5.91 Å². The van der Waals surface area contributed by atoms with E-state index in [2.05, 4.69) is 9.88 Å². The number of hydrogen-bond acceptors (Lipinski definition) is 7. The summed E-state index contributed by atoms with van der Waals surface area (Å²) in [6.45, 7) is 1.31. The molecule has 32 heavy (non-hydrogen) atoms. The average molecular weight is 477 g/mol. The predicted octanol–water partition coefficient (Wildman–Crippen LogP) is 3.15. The molecule has 10 heteroatoms. The first-order valence-corrected chi connectivity index (χ1v) is 12.3. The monoisotopic (exact) mass is 476 g/mol. The SMILES string of the molecule is COc1ccc2nc(N(CCCN(C)C)C(=O)c3ccc(S(=O)(=O)N(C)C)cc3)sc2c1. The second-order valence-electron chi connectivity index (χ2n) is 7.76. The number of methoxy groups -OCH3 is 1. The highest BCUT2D eigenvalue weighted by atomic mass is 32.2. The zero-order valence-electron chi connectivity index (χ0n) is 18.9. The molecule has 3 aromatic rings. The molecule has 0 unspecified atom stereocenters. The van der Waals surface area contributed by atoms with Crippen LogP contribution in [0.5, 0.6) is 5.75 Å². The standard InChI is InChI=1S/C22H28N4O4S2/c1-24(2)13-6-14-26(22-23-19-12-9-17(30-5)15-20(19)31-22)21(27)16-7-10-18(11-8-16)32(28,29)25(3)4/h7-12,15H,6,13-14H2,1-5H3. The van der Waals surface area contributed by atoms with Crippen molar-refractivity contribution in [3.05, 3.63) is 48.0 Å². The molecule has 1 aromatic heterocycles. The number of sulfonamides is 1. The third-order valence-corrected chi connectivity index (χ3v) is 7.80. The Bertz CT molecular complexity index is 1190. The lowest BCUT2D eigenvalue weighted by Crippen LogP contribution is -2.33. The molecule has 0 spiro atoms. The van der Waals surface area contributed by atoms with Gasteiger partial charge in [-0.15, -0.1) is 0 Å². The summed E-state index contributed by atoms with van der Waals surface area (Å²) < 4.78 is 32.0. The summed E-state index contributed by atoms with van der Waals surface area (Å²) in [6.07, 6.45) is 0.769. The van der Waals surface area contributed by atoms with Crippen LogP contribution in [0.4, 0.5) is 5.13 Å². The second kappa shape index (κ2) is 9.95. The van der Waals surface area contributed by atoms with Crippen LogP contribution in [-0.4, -0.2) is 76.9 Å². The Hall–Kier alpha value is -2.53. The van der Waals surface area contributed by atoms with Gasteiger partial charge in [-0.25, -0.2) is 17.7 Å². The molecule has 8 nitrogen and oxygen atoms in total. The zero-order chi connectivity index (χ0) is 23.5. The molecule has 0 aliphatic carbocycles. The van der Waals surface area contributed by atoms with Gasteiger partial charge in [-0.1, -0.05) is 11.3 Å². The van der Waals surface area contributed by atoms with Crippen LogP contribution >= 0.6 is 11.3 Å². The van der Waals surface area contributed by atoms with Crippen LogP contribution in [0.15, 0.2) is 47.4 Å². The second-order valence-corrected chi connectivity index (χ2v) is 10.9. The van der Waals surface area contributed by atoms with Gasteiger partial charge in [0.05, 0.1) is 22.2 Å². The first kappa shape index (κ1) is 24.1. The first-order valence-electron chi connectivity index (χ1n) is 10.1. The Morgan fingerprint density at radius 3 is 2.31 bits per heavy atom. The van der Waals surface area contributed by atoms with E-state index in [1.54, 1.807) is 24.1 Å². The number of rotatable bonds is 9. The largest absolute Gasteiger partial charge is 0.497 e. The molecule has 0 saturated heterocycles. The quantitative estimate of drug-likeness (QED) is 0.472. The minimum Gasteiger partial charge on any atom is -0.497 e. The van der Waals surface area contributed by atoms with Gasteiger partial charge in [-0.05, 0) is 69.5 Å². The molecular formula is C22H28N4O4S2. The minimum atomic E-state index is -3.56. The lowest BCUT2D eigenvalue weighted by molar-refractivity contribution is 0.0986. The van der Waals surface area contributed by atoms with E-state index in [9.17, 15) is 13.2 Å². The normalized spacial score (nSPS) is 12.0. The fourth-order valence-corrected chi connectivity index (χ4v) is 5.02. The van der Waals surface area contributed by atoms with Gasteiger partial charge in [-0.2, -0.15) is 0 Å². The van der Waals surface area contributed by atoms with E-state index in [-0.39, 0.29) is 10.8 Å². The van der Waals surface area contributed by atoms with E-state index in [0.29, 0.717) is 17.2 Å². The molecule has 0 saturated carbocycles. The van der Waals surface area contributed by atoms with Crippen LogP contribution < -0.4 is 9.64 Å². The molecule has 0 fully saturated rings. The van der Waals surface area contributed by atoms with Crippen molar-refractivity contribution in [3.63, 3.8) is 0 Å². The Labute approximate surface area is 193 Å². The summed E-state index contributed by atoms with van der Waals surface area (Å²) in [6, 6.07) is 11.6. The van der Waals surface area contributed by atoms with Crippen LogP contribution in [0.25, 0.3) is 10.2 Å². The van der Waals surface area contributed by atoms with Crippen molar-refractivity contribution < 1.29 is 17.9 Å². The van der Waals surface area contributed by atoms with Gasteiger partial charge in [-0.3, -0.25) is 9.69 Å². The highest BCUT2D eigenvalue weighted by Crippen LogP contribution is 2.32. The smallest absolute Gasteiger partial charge is 0.260 e. The zero-order valence-corrected chi connectivity index (χ0v) is 20.5. The molecule has 1 heterocycles. The maximum Gasteiger partial charge on any atom is 0.260 e. The fourth-order valence-electron chi connectivity index (χ4n) is 3.10. The molecule has 3 rings (SSSR count). The molecule has 0 aliphatic heterocycles. The lowest BCUT2D eigenvalue weighted by Gasteiger charge is -2.21. The Kier molecular flexibility index (Phi) is 7.50. The third kappa shape index (κ3) is 5.26. The summed E-state index contributed by atoms with van der Waals surface area (Å²) in [4.78, 5) is 21.9. The molecule has 0 radical (unpaired) electrons. The minimum absolute atomic E-state index is 0.144. The number of benzene rings is 2. The number of anilines is 1. The molecule has 0 bridgehead atoms. The number of ether oxygens (including phenoxy) is 1. The van der Waals surface area contributed by atoms with Crippen LogP contribution in [0.1, 0.15) is 16.8 Å². The van der Waals surface area contributed by atoms with Crippen molar-refractivity contribution in [2.24, 2.45) is 0 Å². The van der Waals surface area contributed by atoms with Crippen molar-refractivity contribution in [1.82, 2.24) is 14.2 Å². The number of hydrogen-bond donors (Lipinski definition) is 0. The van der Waals surface area contributed by atoms with Crippen molar-refractivity contribution in [1.29, 1.82) is 0 Å². The average Bonchev–Trinajstić information content (AvgIpc) is 3.18. The molecular weight excluding hydrogens is 448 g/mol. The van der Waals surface area contributed by atoms with Gasteiger partial charge < -0.3 is 9.64 Å². The van der Waals surface area contributed by atoms with E-state index < -0.39 is 10.0 Å². The van der Waals surface area contributed by atoms with Crippen molar-refractivity contribution in [2.75, 3.05) is 53.3 Å². The highest BCUT2D eigenvalue weighted by molar-refractivity contribution is 7.89. The summed E-state index contributed by atoms with van der Waals surface area (Å²) in [5.41, 5.74) is 1.20. The third-order valence-electron chi connectivity index (χ3n) is 4.93. The van der Waals surface area contributed by atoms with Crippen LogP contribution in [0, 0.1) is 0 Å². The van der Waals surface area contributed by atoms with Gasteiger partial charge in [0.1, 0.15) is 5.75 Å². The Morgan fingerprint density at radius 1 is 1.03 bits per heavy atom. The molecule has 1 amide bonds. The van der Waals surface area contributed by atoms with Crippen molar-refractivity contribution in [2.45, 2.75) is 11.3 Å². The number of carbonyl (C=O) groups excluding carboxylic acids is 1. The lowest BCUT2D eigenvalue weighted by atomic mass is 10.2. The van der Waals surface area contributed by atoms with E-state index in [0.717, 1.165) is 33.2 Å². The number of aromatic nitrogens is 1. The molecule has 0 N–H and O–H groups in total. The summed E-state index contributed by atoms with van der Waals surface area (Å²) in [7, 11) is 4.98. The number of nitrogens with zero attached hydrogens (tertiary/aromatic N) is 4. The molecule has 172 valence electrons. The number of thiazole rings is 1. The van der Waals surface area contributed by atoms with E-state index >= 15 is 0 Å². The number of fused-ring (bicyclic) bond motifs is 1. The summed E-state index contributed by atoms with van der Waals surface area (Å²) >= 11 is 1.43. The maximum absolute atomic E-state index is 13.4. The summed E-state index contributed by atoms with van der Waals surface area (Å²) in [5, 5.41) is 0.599. The van der Waals surface area contributed by atoms with Gasteiger partial charge in [0.2, 0.25) is 10.0 Å². The van der Waals surface area contributed by atoms with E-state index in [4.69, 9.17) is 4.74 Å². The van der Waals surface area contributed by atoms with Gasteiger partial charge in [0, 0.05) is 26.2 Å². The van der Waals surface area contributed by atoms with Crippen LogP contribution in [0.3, 0.4) is 0 Å². The fraction of sp³-hybridized carbons (Fsp3) is 0.364. The highest BCUT2D eigenvalue weighted by Gasteiger charge is 2.23. The van der Waals surface area contributed by atoms with Gasteiger partial charge >= 0.3 is 0 Å². The number of amides is 1. The Balaban J connectivity index is 1.94. The van der Waals surface area contributed by atoms with Gasteiger partial charge in [0.15, 0.2) is 5.13 Å². The molecule has 0 atom stereocenters.